The van der Waals surface area contributed by atoms with Crippen LogP contribution in [0, 0.1) is 0 Å². The van der Waals surface area contributed by atoms with E-state index in [4.69, 9.17) is 14.9 Å². The van der Waals surface area contributed by atoms with Crippen LogP contribution in [0.1, 0.15) is 168 Å². The fourth-order valence-corrected chi connectivity index (χ4v) is 5.13. The van der Waals surface area contributed by atoms with Crippen molar-refractivity contribution in [3.63, 3.8) is 0 Å². The van der Waals surface area contributed by atoms with Gasteiger partial charge in [-0.25, -0.2) is 4.79 Å². The van der Waals surface area contributed by atoms with Crippen LogP contribution >= 0.6 is 0 Å². The molecule has 0 aromatic carbocycles. The molecule has 2 atom stereocenters. The maximum absolute atomic E-state index is 12.5. The Balaban J connectivity index is 3.97. The molecule has 0 aliphatic carbocycles. The van der Waals surface area contributed by atoms with Gasteiger partial charge in [0.15, 0.2) is 0 Å². The van der Waals surface area contributed by atoms with E-state index >= 15 is 0 Å². The van der Waals surface area contributed by atoms with E-state index in [0.29, 0.717) is 12.8 Å². The molecule has 0 aliphatic rings. The van der Waals surface area contributed by atoms with E-state index in [9.17, 15) is 19.2 Å². The van der Waals surface area contributed by atoms with Gasteiger partial charge in [-0.1, -0.05) is 117 Å². The predicted molar refractivity (Wildman–Crippen MR) is 172 cm³/mol. The summed E-state index contributed by atoms with van der Waals surface area (Å²) in [7, 11) is 0. The summed E-state index contributed by atoms with van der Waals surface area (Å²) in [6, 6.07) is -1.39. The second kappa shape index (κ2) is 29.9. The van der Waals surface area contributed by atoms with Crippen molar-refractivity contribution in [1.82, 2.24) is 10.6 Å². The smallest absolute Gasteiger partial charge is 0.328 e. The minimum absolute atomic E-state index is 0.0723. The maximum atomic E-state index is 12.5. The van der Waals surface area contributed by atoms with Crippen molar-refractivity contribution in [3.8, 4) is 0 Å². The third kappa shape index (κ3) is 27.1. The molecule has 43 heavy (non-hydrogen) atoms. The SMILES string of the molecule is CCCCCCCCCCCCCCCCC(=O)OC(CCCCC)CCCCCC(=O)NCC(=O)NC(CO)C(=O)O. The number of carbonyl (C=O) groups excluding carboxylic acids is 3. The minimum Gasteiger partial charge on any atom is -0.480 e. The number of carbonyl (C=O) groups is 4. The fourth-order valence-electron chi connectivity index (χ4n) is 5.13. The van der Waals surface area contributed by atoms with Crippen molar-refractivity contribution in [2.24, 2.45) is 0 Å². The molecular weight excluding hydrogens is 548 g/mol. The van der Waals surface area contributed by atoms with Crippen LogP contribution in [0.5, 0.6) is 0 Å². The van der Waals surface area contributed by atoms with Crippen molar-refractivity contribution in [2.75, 3.05) is 13.2 Å². The van der Waals surface area contributed by atoms with E-state index in [1.165, 1.54) is 77.0 Å². The normalized spacial score (nSPS) is 12.4. The number of hydrogen-bond donors (Lipinski definition) is 4. The van der Waals surface area contributed by atoms with Gasteiger partial charge in [0.05, 0.1) is 13.2 Å². The molecule has 9 nitrogen and oxygen atoms in total. The van der Waals surface area contributed by atoms with Crippen LogP contribution in [-0.4, -0.2) is 59.3 Å². The number of ether oxygens (including phenoxy) is 1. The van der Waals surface area contributed by atoms with Crippen LogP contribution in [0.2, 0.25) is 0 Å². The first-order chi connectivity index (χ1) is 20.8. The van der Waals surface area contributed by atoms with Crippen molar-refractivity contribution < 1.29 is 34.1 Å². The number of unbranched alkanes of at least 4 members (excludes halogenated alkanes) is 17. The molecular formula is C34H64N2O7. The van der Waals surface area contributed by atoms with Gasteiger partial charge in [0, 0.05) is 12.8 Å². The van der Waals surface area contributed by atoms with E-state index in [-0.39, 0.29) is 30.9 Å². The van der Waals surface area contributed by atoms with E-state index in [1.807, 2.05) is 0 Å². The molecule has 0 aliphatic heterocycles. The third-order valence-electron chi connectivity index (χ3n) is 7.85. The molecule has 0 aromatic heterocycles. The minimum atomic E-state index is -1.39. The second-order valence-electron chi connectivity index (χ2n) is 12.0. The van der Waals surface area contributed by atoms with Crippen molar-refractivity contribution >= 4 is 23.8 Å². The van der Waals surface area contributed by atoms with Crippen LogP contribution in [0.4, 0.5) is 0 Å². The predicted octanol–water partition coefficient (Wildman–Crippen LogP) is 6.98. The van der Waals surface area contributed by atoms with Crippen LogP contribution in [0.15, 0.2) is 0 Å². The van der Waals surface area contributed by atoms with Gasteiger partial charge in [0.2, 0.25) is 11.8 Å². The Morgan fingerprint density at radius 1 is 0.605 bits per heavy atom. The summed E-state index contributed by atoms with van der Waals surface area (Å²) in [5.41, 5.74) is 0. The lowest BCUT2D eigenvalue weighted by Crippen LogP contribution is -2.47. The lowest BCUT2D eigenvalue weighted by molar-refractivity contribution is -0.150. The van der Waals surface area contributed by atoms with Crippen LogP contribution in [-0.2, 0) is 23.9 Å². The van der Waals surface area contributed by atoms with E-state index < -0.39 is 24.5 Å². The summed E-state index contributed by atoms with van der Waals surface area (Å²) in [6.45, 7) is 3.36. The molecule has 0 heterocycles. The zero-order valence-electron chi connectivity index (χ0n) is 27.5. The number of aliphatic hydroxyl groups excluding tert-OH is 1. The molecule has 0 aromatic rings. The van der Waals surface area contributed by atoms with Gasteiger partial charge in [0.25, 0.3) is 0 Å². The van der Waals surface area contributed by atoms with Crippen LogP contribution in [0.25, 0.3) is 0 Å². The van der Waals surface area contributed by atoms with E-state index in [2.05, 4.69) is 24.5 Å². The van der Waals surface area contributed by atoms with E-state index in [1.54, 1.807) is 0 Å². The quantitative estimate of drug-likeness (QED) is 0.0489. The summed E-state index contributed by atoms with van der Waals surface area (Å²) >= 11 is 0. The lowest BCUT2D eigenvalue weighted by Gasteiger charge is -2.18. The highest BCUT2D eigenvalue weighted by molar-refractivity contribution is 5.87. The highest BCUT2D eigenvalue weighted by Crippen LogP contribution is 2.17. The van der Waals surface area contributed by atoms with Gasteiger partial charge in [-0.3, -0.25) is 14.4 Å². The molecule has 2 amide bonds. The highest BCUT2D eigenvalue weighted by Gasteiger charge is 2.19. The summed E-state index contributed by atoms with van der Waals surface area (Å²) in [5.74, 6) is -2.38. The number of aliphatic carboxylic acids is 1. The van der Waals surface area contributed by atoms with Crippen LogP contribution < -0.4 is 10.6 Å². The molecule has 0 bridgehead atoms. The Bertz CT molecular complexity index is 717. The molecule has 0 saturated carbocycles. The molecule has 0 spiro atoms. The summed E-state index contributed by atoms with van der Waals surface area (Å²) < 4.78 is 5.84. The zero-order valence-corrected chi connectivity index (χ0v) is 27.5. The van der Waals surface area contributed by atoms with Crippen molar-refractivity contribution in [1.29, 1.82) is 0 Å². The van der Waals surface area contributed by atoms with Gasteiger partial charge < -0.3 is 25.6 Å². The average molecular weight is 613 g/mol. The van der Waals surface area contributed by atoms with Gasteiger partial charge >= 0.3 is 11.9 Å². The Hall–Kier alpha value is -2.16. The molecule has 0 radical (unpaired) electrons. The Kier molecular flexibility index (Phi) is 28.4. The van der Waals surface area contributed by atoms with Crippen molar-refractivity contribution in [3.05, 3.63) is 0 Å². The molecule has 2 unspecified atom stereocenters. The summed E-state index contributed by atoms with van der Waals surface area (Å²) in [6.07, 6.45) is 26.0. The number of esters is 1. The summed E-state index contributed by atoms with van der Waals surface area (Å²) in [4.78, 5) is 47.0. The van der Waals surface area contributed by atoms with Crippen LogP contribution in [0.3, 0.4) is 0 Å². The van der Waals surface area contributed by atoms with Gasteiger partial charge in [-0.05, 0) is 38.5 Å². The van der Waals surface area contributed by atoms with Gasteiger partial charge in [-0.2, -0.15) is 0 Å². The Labute approximate surface area is 261 Å². The number of amides is 2. The Morgan fingerprint density at radius 2 is 1.05 bits per heavy atom. The zero-order chi connectivity index (χ0) is 32.0. The largest absolute Gasteiger partial charge is 0.480 e. The number of rotatable bonds is 31. The fraction of sp³-hybridized carbons (Fsp3) is 0.882. The van der Waals surface area contributed by atoms with E-state index in [0.717, 1.165) is 57.8 Å². The topological polar surface area (TPSA) is 142 Å². The number of carboxylic acids is 1. The average Bonchev–Trinajstić information content (AvgIpc) is 2.98. The number of aliphatic hydroxyl groups is 1. The molecule has 252 valence electrons. The second-order valence-corrected chi connectivity index (χ2v) is 12.0. The molecule has 0 saturated heterocycles. The standard InChI is InChI=1S/C34H64N2O7/c1-3-5-7-8-9-10-11-12-13-14-15-16-17-22-26-33(40)43-29(23-19-6-4-2)24-20-18-21-25-31(38)35-27-32(39)36-30(28-37)34(41)42/h29-30,37H,3-28H2,1-2H3,(H,35,38)(H,36,39)(H,41,42). The number of nitrogens with one attached hydrogen (secondary N) is 2. The monoisotopic (exact) mass is 612 g/mol. The first-order valence-electron chi connectivity index (χ1n) is 17.4. The molecule has 9 heteroatoms. The lowest BCUT2D eigenvalue weighted by atomic mass is 10.0. The maximum Gasteiger partial charge on any atom is 0.328 e. The Morgan fingerprint density at radius 3 is 1.56 bits per heavy atom. The molecule has 4 N–H and O–H groups in total. The third-order valence-corrected chi connectivity index (χ3v) is 7.85. The molecule has 0 fully saturated rings. The first-order valence-corrected chi connectivity index (χ1v) is 17.4. The number of hydrogen-bond acceptors (Lipinski definition) is 6. The highest BCUT2D eigenvalue weighted by atomic mass is 16.5. The van der Waals surface area contributed by atoms with Crippen molar-refractivity contribution in [2.45, 2.75) is 180 Å². The first kappa shape index (κ1) is 40.8. The van der Waals surface area contributed by atoms with Gasteiger partial charge in [-0.15, -0.1) is 0 Å². The van der Waals surface area contributed by atoms with Gasteiger partial charge in [0.1, 0.15) is 12.1 Å². The molecule has 0 rings (SSSR count). The number of carboxylic acid groups (broad SMARTS) is 1. The summed E-state index contributed by atoms with van der Waals surface area (Å²) in [5, 5.41) is 22.4.